The van der Waals surface area contributed by atoms with E-state index in [2.05, 4.69) is 107 Å². The Morgan fingerprint density at radius 3 is 2.22 bits per heavy atom. The van der Waals surface area contributed by atoms with E-state index in [-0.39, 0.29) is 0 Å². The summed E-state index contributed by atoms with van der Waals surface area (Å²) in [5, 5.41) is 6.22. The minimum absolute atomic E-state index is 0.641. The molecule has 1 aliphatic heterocycles. The zero-order valence-corrected chi connectivity index (χ0v) is 22.0. The predicted molar refractivity (Wildman–Crippen MR) is 168 cm³/mol. The monoisotopic (exact) mass is 525 g/mol. The average Bonchev–Trinajstić information content (AvgIpc) is 3.62. The van der Waals surface area contributed by atoms with Gasteiger partial charge in [0.2, 0.25) is 5.89 Å². The molecule has 0 fully saturated rings. The number of anilines is 2. The van der Waals surface area contributed by atoms with Crippen molar-refractivity contribution in [2.45, 2.75) is 0 Å². The zero-order chi connectivity index (χ0) is 26.9. The molecule has 0 spiro atoms. The molecule has 41 heavy (non-hydrogen) atoms. The molecular weight excluding hydrogens is 502 g/mol. The molecule has 192 valence electrons. The van der Waals surface area contributed by atoms with Gasteiger partial charge in [-0.2, -0.15) is 0 Å². The minimum Gasteiger partial charge on any atom is -0.436 e. The van der Waals surface area contributed by atoms with Crippen LogP contribution in [0.3, 0.4) is 0 Å². The molecule has 8 aromatic rings. The second kappa shape index (κ2) is 8.44. The van der Waals surface area contributed by atoms with Gasteiger partial charge in [0.1, 0.15) is 5.52 Å². The smallest absolute Gasteiger partial charge is 0.227 e. The van der Waals surface area contributed by atoms with Gasteiger partial charge in [0, 0.05) is 16.3 Å². The topological polar surface area (TPSA) is 43.0 Å². The highest BCUT2D eigenvalue weighted by molar-refractivity contribution is 6.16. The molecule has 0 amide bonds. The van der Waals surface area contributed by atoms with Gasteiger partial charge in [-0.15, -0.1) is 0 Å². The Morgan fingerprint density at radius 1 is 0.537 bits per heavy atom. The second-order valence-electron chi connectivity index (χ2n) is 10.6. The molecular formula is C37H23N3O. The normalized spacial score (nSPS) is 12.1. The van der Waals surface area contributed by atoms with Gasteiger partial charge in [-0.3, -0.25) is 0 Å². The summed E-state index contributed by atoms with van der Waals surface area (Å²) in [6.45, 7) is 0. The highest BCUT2D eigenvalue weighted by Crippen LogP contribution is 2.45. The number of hydrogen-bond donors (Lipinski definition) is 1. The highest BCUT2D eigenvalue weighted by Gasteiger charge is 2.22. The van der Waals surface area contributed by atoms with Gasteiger partial charge >= 0.3 is 0 Å². The molecule has 4 nitrogen and oxygen atoms in total. The Hall–Kier alpha value is -5.61. The van der Waals surface area contributed by atoms with Crippen molar-refractivity contribution in [1.82, 2.24) is 9.55 Å². The van der Waals surface area contributed by atoms with Crippen molar-refractivity contribution in [3.8, 4) is 39.4 Å². The molecule has 0 radical (unpaired) electrons. The van der Waals surface area contributed by atoms with Crippen molar-refractivity contribution in [2.24, 2.45) is 0 Å². The Morgan fingerprint density at radius 2 is 1.29 bits per heavy atom. The van der Waals surface area contributed by atoms with Crippen LogP contribution in [0.25, 0.3) is 72.3 Å². The van der Waals surface area contributed by atoms with Gasteiger partial charge in [-0.05, 0) is 82.9 Å². The van der Waals surface area contributed by atoms with Gasteiger partial charge in [0.05, 0.1) is 28.1 Å². The van der Waals surface area contributed by atoms with E-state index >= 15 is 0 Å². The molecule has 0 saturated heterocycles. The first kappa shape index (κ1) is 22.2. The largest absolute Gasteiger partial charge is 0.436 e. The van der Waals surface area contributed by atoms with Crippen LogP contribution in [0.15, 0.2) is 138 Å². The predicted octanol–water partition coefficient (Wildman–Crippen LogP) is 9.98. The number of hydrogen-bond acceptors (Lipinski definition) is 3. The lowest BCUT2D eigenvalue weighted by atomic mass is 9.97. The SMILES string of the molecule is c1ccc(-c2nc3ccc(-c4cccc(-c5cc6c7c(c5)c5ccccc5n7-c5ccccc5N6)c4)cc3o2)cc1. The van der Waals surface area contributed by atoms with Crippen LogP contribution < -0.4 is 5.32 Å². The standard InChI is InChI=1S/C37H23N3O/c1-2-9-23(10-3-1)37-39-31-18-17-26(22-35(31)41-37)24-11-8-12-25(19-24)27-20-29-28-13-4-6-15-33(28)40-34-16-7-5-14-30(34)38-32(21-27)36(29)40/h1-22,38H. The maximum atomic E-state index is 6.17. The summed E-state index contributed by atoms with van der Waals surface area (Å²) in [6.07, 6.45) is 0. The van der Waals surface area contributed by atoms with Crippen LogP contribution in [0.1, 0.15) is 0 Å². The molecule has 0 saturated carbocycles. The first-order valence-corrected chi connectivity index (χ1v) is 13.8. The summed E-state index contributed by atoms with van der Waals surface area (Å²) in [7, 11) is 0. The molecule has 0 atom stereocenters. The molecule has 4 heteroatoms. The van der Waals surface area contributed by atoms with E-state index in [1.165, 1.54) is 38.6 Å². The van der Waals surface area contributed by atoms with Gasteiger partial charge in [-0.1, -0.05) is 72.8 Å². The highest BCUT2D eigenvalue weighted by atomic mass is 16.3. The number of nitrogens with zero attached hydrogens (tertiary/aromatic N) is 2. The molecule has 0 aliphatic carbocycles. The van der Waals surface area contributed by atoms with E-state index in [0.717, 1.165) is 39.2 Å². The van der Waals surface area contributed by atoms with Crippen LogP contribution in [0.2, 0.25) is 0 Å². The van der Waals surface area contributed by atoms with Crippen LogP contribution in [0.4, 0.5) is 11.4 Å². The molecule has 1 aliphatic rings. The lowest BCUT2D eigenvalue weighted by molar-refractivity contribution is 0.620. The number of fused-ring (bicyclic) bond motifs is 6. The fourth-order valence-corrected chi connectivity index (χ4v) is 6.22. The van der Waals surface area contributed by atoms with Gasteiger partial charge in [-0.25, -0.2) is 4.98 Å². The summed E-state index contributed by atoms with van der Waals surface area (Å²) >= 11 is 0. The number of para-hydroxylation sites is 3. The number of benzene rings is 6. The number of oxazole rings is 1. The van der Waals surface area contributed by atoms with E-state index in [1.807, 2.05) is 36.4 Å². The third kappa shape index (κ3) is 3.38. The second-order valence-corrected chi connectivity index (χ2v) is 10.6. The van der Waals surface area contributed by atoms with E-state index in [1.54, 1.807) is 0 Å². The summed E-state index contributed by atoms with van der Waals surface area (Å²) in [4.78, 5) is 4.70. The maximum absolute atomic E-state index is 6.17. The van der Waals surface area contributed by atoms with Gasteiger partial charge in [0.15, 0.2) is 5.58 Å². The van der Waals surface area contributed by atoms with Crippen LogP contribution >= 0.6 is 0 Å². The molecule has 2 aromatic heterocycles. The van der Waals surface area contributed by atoms with Crippen LogP contribution in [0, 0.1) is 0 Å². The summed E-state index contributed by atoms with van der Waals surface area (Å²) in [6, 6.07) is 46.8. The summed E-state index contributed by atoms with van der Waals surface area (Å²) in [5.74, 6) is 0.641. The Kier molecular flexibility index (Phi) is 4.58. The van der Waals surface area contributed by atoms with Crippen molar-refractivity contribution in [3.63, 3.8) is 0 Å². The first-order valence-electron chi connectivity index (χ1n) is 13.8. The summed E-state index contributed by atoms with van der Waals surface area (Å²) in [5.41, 5.74) is 13.1. The van der Waals surface area contributed by atoms with Crippen LogP contribution in [0.5, 0.6) is 0 Å². The zero-order valence-electron chi connectivity index (χ0n) is 22.0. The third-order valence-corrected chi connectivity index (χ3v) is 8.12. The molecule has 0 unspecified atom stereocenters. The van der Waals surface area contributed by atoms with E-state index in [9.17, 15) is 0 Å². The van der Waals surface area contributed by atoms with Crippen LogP contribution in [-0.4, -0.2) is 9.55 Å². The molecule has 9 rings (SSSR count). The molecule has 0 bridgehead atoms. The van der Waals surface area contributed by atoms with Crippen molar-refractivity contribution < 1.29 is 4.42 Å². The first-order chi connectivity index (χ1) is 20.3. The fraction of sp³-hybridized carbons (Fsp3) is 0. The average molecular weight is 526 g/mol. The Labute approximate surface area is 236 Å². The van der Waals surface area contributed by atoms with E-state index in [4.69, 9.17) is 9.40 Å². The van der Waals surface area contributed by atoms with Crippen molar-refractivity contribution in [2.75, 3.05) is 5.32 Å². The fourth-order valence-electron chi connectivity index (χ4n) is 6.22. The number of rotatable bonds is 3. The van der Waals surface area contributed by atoms with Gasteiger partial charge in [0.25, 0.3) is 0 Å². The molecule has 6 aromatic carbocycles. The number of nitrogens with one attached hydrogen (secondary N) is 1. The van der Waals surface area contributed by atoms with Gasteiger partial charge < -0.3 is 14.3 Å². The third-order valence-electron chi connectivity index (χ3n) is 8.12. The lowest BCUT2D eigenvalue weighted by Gasteiger charge is -2.22. The Balaban J connectivity index is 1.18. The molecule has 3 heterocycles. The van der Waals surface area contributed by atoms with Crippen molar-refractivity contribution in [1.29, 1.82) is 0 Å². The Bertz CT molecular complexity index is 2290. The number of aromatic nitrogens is 2. The lowest BCUT2D eigenvalue weighted by Crippen LogP contribution is -2.07. The summed E-state index contributed by atoms with van der Waals surface area (Å²) < 4.78 is 8.56. The minimum atomic E-state index is 0.641. The van der Waals surface area contributed by atoms with E-state index in [0.29, 0.717) is 5.89 Å². The van der Waals surface area contributed by atoms with Crippen LogP contribution in [-0.2, 0) is 0 Å². The van der Waals surface area contributed by atoms with E-state index < -0.39 is 0 Å². The molecule has 1 N–H and O–H groups in total. The van der Waals surface area contributed by atoms with Crippen molar-refractivity contribution in [3.05, 3.63) is 133 Å². The maximum Gasteiger partial charge on any atom is 0.227 e. The van der Waals surface area contributed by atoms with Crippen molar-refractivity contribution >= 4 is 44.3 Å². The quantitative estimate of drug-likeness (QED) is 0.250.